The zero-order valence-corrected chi connectivity index (χ0v) is 12.8. The Morgan fingerprint density at radius 3 is 2.45 bits per heavy atom. The van der Waals surface area contributed by atoms with Gasteiger partial charge >= 0.3 is 5.97 Å². The maximum Gasteiger partial charge on any atom is 0.338 e. The summed E-state index contributed by atoms with van der Waals surface area (Å²) in [5.41, 5.74) is -0.241. The second kappa shape index (κ2) is 9.81. The average Bonchev–Trinajstić information content (AvgIpc) is 2.43. The lowest BCUT2D eigenvalue weighted by molar-refractivity contribution is 0.0691. The predicted molar refractivity (Wildman–Crippen MR) is 82.1 cm³/mol. The van der Waals surface area contributed by atoms with Crippen LogP contribution in [0.2, 0.25) is 0 Å². The van der Waals surface area contributed by atoms with E-state index in [9.17, 15) is 9.18 Å². The highest BCUT2D eigenvalue weighted by atomic mass is 32.2. The molecule has 0 amide bonds. The number of hydrogen-bond donors (Lipinski definition) is 1. The molecule has 0 heterocycles. The molecule has 0 aromatic heterocycles. The first-order valence-corrected chi connectivity index (χ1v) is 8.29. The number of unbranched alkanes of at least 4 members (excludes halogenated alkanes) is 6. The Morgan fingerprint density at radius 2 is 1.80 bits per heavy atom. The smallest absolute Gasteiger partial charge is 0.338 e. The van der Waals surface area contributed by atoms with E-state index in [4.69, 9.17) is 5.11 Å². The van der Waals surface area contributed by atoms with E-state index >= 15 is 0 Å². The van der Waals surface area contributed by atoms with E-state index in [-0.39, 0.29) is 5.56 Å². The fourth-order valence-electron chi connectivity index (χ4n) is 2.01. The largest absolute Gasteiger partial charge is 0.478 e. The Labute approximate surface area is 124 Å². The molecular weight excluding hydrogens is 275 g/mol. The van der Waals surface area contributed by atoms with E-state index in [2.05, 4.69) is 6.92 Å². The fourth-order valence-corrected chi connectivity index (χ4v) is 2.96. The molecule has 0 atom stereocenters. The summed E-state index contributed by atoms with van der Waals surface area (Å²) in [6.45, 7) is 2.21. The van der Waals surface area contributed by atoms with Crippen molar-refractivity contribution in [1.29, 1.82) is 0 Å². The van der Waals surface area contributed by atoms with E-state index in [1.165, 1.54) is 50.7 Å². The van der Waals surface area contributed by atoms with Crippen molar-refractivity contribution in [2.45, 2.75) is 56.8 Å². The molecule has 0 saturated heterocycles. The van der Waals surface area contributed by atoms with E-state index in [0.29, 0.717) is 0 Å². The normalized spacial score (nSPS) is 10.7. The van der Waals surface area contributed by atoms with Gasteiger partial charge in [-0.3, -0.25) is 0 Å². The first-order valence-electron chi connectivity index (χ1n) is 7.30. The summed E-state index contributed by atoms with van der Waals surface area (Å²) in [6, 6.07) is 4.30. The first kappa shape index (κ1) is 17.0. The summed E-state index contributed by atoms with van der Waals surface area (Å²) in [5.74, 6) is -0.919. The molecule has 1 aromatic carbocycles. The number of carbonyl (C=O) groups is 1. The molecular formula is C16H23FO2S. The third-order valence-corrected chi connectivity index (χ3v) is 4.26. The molecule has 0 radical (unpaired) electrons. The van der Waals surface area contributed by atoms with Crippen molar-refractivity contribution in [2.75, 3.05) is 5.75 Å². The van der Waals surface area contributed by atoms with Crippen LogP contribution in [0.3, 0.4) is 0 Å². The van der Waals surface area contributed by atoms with Gasteiger partial charge in [0.15, 0.2) is 0 Å². The highest BCUT2D eigenvalue weighted by molar-refractivity contribution is 7.99. The maximum atomic E-state index is 13.2. The quantitative estimate of drug-likeness (QED) is 0.466. The molecule has 0 unspecified atom stereocenters. The van der Waals surface area contributed by atoms with Crippen LogP contribution in [0.1, 0.15) is 62.2 Å². The van der Waals surface area contributed by atoms with Crippen LogP contribution in [0, 0.1) is 5.82 Å². The first-order chi connectivity index (χ1) is 9.65. The molecule has 20 heavy (non-hydrogen) atoms. The van der Waals surface area contributed by atoms with Crippen molar-refractivity contribution in [1.82, 2.24) is 0 Å². The van der Waals surface area contributed by atoms with Crippen LogP contribution in [-0.2, 0) is 0 Å². The summed E-state index contributed by atoms with van der Waals surface area (Å²) >= 11 is 1.60. The Balaban J connectivity index is 2.22. The van der Waals surface area contributed by atoms with Gasteiger partial charge < -0.3 is 5.11 Å². The van der Waals surface area contributed by atoms with Crippen LogP contribution in [0.25, 0.3) is 0 Å². The van der Waals surface area contributed by atoms with Crippen molar-refractivity contribution in [2.24, 2.45) is 0 Å². The average molecular weight is 298 g/mol. The molecule has 2 nitrogen and oxygen atoms in total. The Bertz CT molecular complexity index is 421. The van der Waals surface area contributed by atoms with E-state index < -0.39 is 11.8 Å². The van der Waals surface area contributed by atoms with Crippen LogP contribution in [0.5, 0.6) is 0 Å². The number of hydrogen-bond acceptors (Lipinski definition) is 2. The number of benzene rings is 1. The number of rotatable bonds is 10. The Morgan fingerprint density at radius 1 is 1.15 bits per heavy atom. The second-order valence-electron chi connectivity index (χ2n) is 4.92. The second-order valence-corrected chi connectivity index (χ2v) is 6.08. The molecule has 0 spiro atoms. The van der Waals surface area contributed by atoms with Crippen molar-refractivity contribution in [3.05, 3.63) is 29.6 Å². The van der Waals surface area contributed by atoms with Crippen molar-refractivity contribution in [3.8, 4) is 0 Å². The number of thioether (sulfide) groups is 1. The molecule has 0 aliphatic heterocycles. The van der Waals surface area contributed by atoms with Crippen LogP contribution in [0.15, 0.2) is 23.1 Å². The maximum absolute atomic E-state index is 13.2. The standard InChI is InChI=1S/C16H23FO2S/c1-2-3-4-5-6-7-8-11-20-13-9-10-15(17)14(12-13)16(18)19/h9-10,12H,2-8,11H2,1H3,(H,18,19). The Hall–Kier alpha value is -1.03. The number of aromatic carboxylic acids is 1. The van der Waals surface area contributed by atoms with Crippen molar-refractivity contribution >= 4 is 17.7 Å². The predicted octanol–water partition coefficient (Wildman–Crippen LogP) is 5.37. The number of carboxylic acids is 1. The van der Waals surface area contributed by atoms with Gasteiger partial charge in [0, 0.05) is 4.90 Å². The lowest BCUT2D eigenvalue weighted by atomic mass is 10.1. The Kier molecular flexibility index (Phi) is 8.35. The SMILES string of the molecule is CCCCCCCCCSc1ccc(F)c(C(=O)O)c1. The van der Waals surface area contributed by atoms with Gasteiger partial charge in [0.2, 0.25) is 0 Å². The highest BCUT2D eigenvalue weighted by Crippen LogP contribution is 2.22. The van der Waals surface area contributed by atoms with Gasteiger partial charge in [0.1, 0.15) is 5.82 Å². The fraction of sp³-hybridized carbons (Fsp3) is 0.562. The van der Waals surface area contributed by atoms with Crippen LogP contribution in [-0.4, -0.2) is 16.8 Å². The lowest BCUT2D eigenvalue weighted by Gasteiger charge is -2.04. The van der Waals surface area contributed by atoms with Gasteiger partial charge in [0.05, 0.1) is 5.56 Å². The minimum absolute atomic E-state index is 0.241. The van der Waals surface area contributed by atoms with E-state index in [1.54, 1.807) is 17.8 Å². The van der Waals surface area contributed by atoms with Gasteiger partial charge in [-0.1, -0.05) is 45.4 Å². The monoisotopic (exact) mass is 298 g/mol. The lowest BCUT2D eigenvalue weighted by Crippen LogP contribution is -2.00. The molecule has 0 aliphatic rings. The summed E-state index contributed by atoms with van der Waals surface area (Å²) in [6.07, 6.45) is 8.82. The van der Waals surface area contributed by atoms with E-state index in [0.717, 1.165) is 17.1 Å². The van der Waals surface area contributed by atoms with Gasteiger partial charge in [-0.15, -0.1) is 11.8 Å². The zero-order valence-electron chi connectivity index (χ0n) is 12.0. The van der Waals surface area contributed by atoms with Gasteiger partial charge in [-0.05, 0) is 30.4 Å². The molecule has 0 fully saturated rings. The molecule has 0 saturated carbocycles. The highest BCUT2D eigenvalue weighted by Gasteiger charge is 2.10. The van der Waals surface area contributed by atoms with Gasteiger partial charge in [-0.25, -0.2) is 9.18 Å². The molecule has 0 aliphatic carbocycles. The van der Waals surface area contributed by atoms with Gasteiger partial charge in [0.25, 0.3) is 0 Å². The third-order valence-electron chi connectivity index (χ3n) is 3.18. The van der Waals surface area contributed by atoms with Crippen LogP contribution < -0.4 is 0 Å². The zero-order chi connectivity index (χ0) is 14.8. The topological polar surface area (TPSA) is 37.3 Å². The molecule has 1 N–H and O–H groups in total. The summed E-state index contributed by atoms with van der Waals surface area (Å²) < 4.78 is 13.2. The van der Waals surface area contributed by atoms with Crippen molar-refractivity contribution < 1.29 is 14.3 Å². The molecule has 112 valence electrons. The molecule has 1 rings (SSSR count). The summed E-state index contributed by atoms with van der Waals surface area (Å²) in [7, 11) is 0. The summed E-state index contributed by atoms with van der Waals surface area (Å²) in [4.78, 5) is 11.7. The molecule has 0 bridgehead atoms. The number of halogens is 1. The minimum Gasteiger partial charge on any atom is -0.478 e. The van der Waals surface area contributed by atoms with E-state index in [1.807, 2.05) is 0 Å². The molecule has 4 heteroatoms. The van der Waals surface area contributed by atoms with Crippen molar-refractivity contribution in [3.63, 3.8) is 0 Å². The van der Waals surface area contributed by atoms with Gasteiger partial charge in [-0.2, -0.15) is 0 Å². The third kappa shape index (κ3) is 6.42. The van der Waals surface area contributed by atoms with Crippen LogP contribution in [0.4, 0.5) is 4.39 Å². The summed E-state index contributed by atoms with van der Waals surface area (Å²) in [5, 5.41) is 8.85. The number of carboxylic acid groups (broad SMARTS) is 1. The minimum atomic E-state index is -1.21. The van der Waals surface area contributed by atoms with Crippen LogP contribution >= 0.6 is 11.8 Å². The molecule has 1 aromatic rings.